The summed E-state index contributed by atoms with van der Waals surface area (Å²) in [6.45, 7) is 1.88. The molecule has 0 saturated carbocycles. The van der Waals surface area contributed by atoms with Crippen LogP contribution >= 0.6 is 0 Å². The van der Waals surface area contributed by atoms with E-state index < -0.39 is 30.2 Å². The highest BCUT2D eigenvalue weighted by molar-refractivity contribution is 5.36. The summed E-state index contributed by atoms with van der Waals surface area (Å²) in [7, 11) is 0. The molecule has 0 aromatic heterocycles. The van der Waals surface area contributed by atoms with Gasteiger partial charge in [0.05, 0.1) is 33.0 Å². The van der Waals surface area contributed by atoms with Crippen LogP contribution in [0.1, 0.15) is 34.2 Å². The third-order valence-corrected chi connectivity index (χ3v) is 9.01. The third-order valence-electron chi connectivity index (χ3n) is 9.01. The Balaban J connectivity index is 1.25. The Kier molecular flexibility index (Phi) is 10.6. The largest absolute Gasteiger partial charge is 0.459 e. The molecule has 1 spiro atoms. The Morgan fingerprint density at radius 2 is 1.00 bits per heavy atom. The first kappa shape index (κ1) is 32.3. The second-order valence-corrected chi connectivity index (χ2v) is 12.4. The first-order valence-corrected chi connectivity index (χ1v) is 16.8. The highest BCUT2D eigenvalue weighted by Gasteiger charge is 2.59. The topological polar surface area (TPSA) is 55.4 Å². The first-order chi connectivity index (χ1) is 23.8. The SMILES string of the molecule is c1ccc(COC[C@H]2OC3(CCc4ccccc4O3)[C@H](OCc3ccccc3)[C@@H](OCc3ccccc3)[C@@H]2OCc2ccccc2)cc1. The molecule has 0 bridgehead atoms. The third kappa shape index (κ3) is 7.87. The maximum atomic E-state index is 7.12. The Hall–Kier alpha value is -4.30. The van der Waals surface area contributed by atoms with Crippen LogP contribution in [0.4, 0.5) is 0 Å². The fourth-order valence-electron chi connectivity index (χ4n) is 6.56. The van der Waals surface area contributed by atoms with Gasteiger partial charge in [-0.05, 0) is 40.3 Å². The van der Waals surface area contributed by atoms with Gasteiger partial charge < -0.3 is 28.4 Å². The summed E-state index contributed by atoms with van der Waals surface area (Å²) in [6.07, 6.45) is -0.797. The highest BCUT2D eigenvalue weighted by atomic mass is 16.7. The summed E-state index contributed by atoms with van der Waals surface area (Å²) in [4.78, 5) is 0. The minimum atomic E-state index is -1.13. The second kappa shape index (κ2) is 15.7. The number of rotatable bonds is 13. The van der Waals surface area contributed by atoms with Gasteiger partial charge in [0.25, 0.3) is 0 Å². The summed E-state index contributed by atoms with van der Waals surface area (Å²) in [5.41, 5.74) is 5.42. The molecule has 2 heterocycles. The summed E-state index contributed by atoms with van der Waals surface area (Å²) in [5.74, 6) is -0.329. The second-order valence-electron chi connectivity index (χ2n) is 12.4. The maximum Gasteiger partial charge on any atom is 0.240 e. The molecule has 0 amide bonds. The number of ether oxygens (including phenoxy) is 6. The van der Waals surface area contributed by atoms with Gasteiger partial charge in [0.15, 0.2) is 6.10 Å². The van der Waals surface area contributed by atoms with Crippen molar-refractivity contribution in [3.63, 3.8) is 0 Å². The lowest BCUT2D eigenvalue weighted by atomic mass is 9.86. The van der Waals surface area contributed by atoms with E-state index in [4.69, 9.17) is 28.4 Å². The minimum absolute atomic E-state index is 0.289. The van der Waals surface area contributed by atoms with E-state index in [0.717, 1.165) is 40.0 Å². The van der Waals surface area contributed by atoms with Gasteiger partial charge in [-0.2, -0.15) is 0 Å². The predicted octanol–water partition coefficient (Wildman–Crippen LogP) is 8.08. The van der Waals surface area contributed by atoms with Crippen LogP contribution in [0.2, 0.25) is 0 Å². The van der Waals surface area contributed by atoms with Crippen LogP contribution in [0.3, 0.4) is 0 Å². The van der Waals surface area contributed by atoms with E-state index in [1.54, 1.807) is 0 Å². The molecule has 5 aromatic carbocycles. The molecule has 1 fully saturated rings. The Morgan fingerprint density at radius 3 is 1.58 bits per heavy atom. The summed E-state index contributed by atoms with van der Waals surface area (Å²) in [5, 5.41) is 0. The zero-order chi connectivity index (χ0) is 32.4. The standard InChI is InChI=1S/C42H42O6/c1-5-15-32(16-6-1)27-43-31-38-39(44-28-33-17-7-2-8-18-33)40(45-29-34-19-9-3-10-20-34)41(46-30-35-21-11-4-12-22-35)42(48-38)26-25-36-23-13-14-24-37(36)47-42/h1-24,38-41H,25-31H2/t38-,39-,40+,41-,42?/m1/s1. The number of hydrogen-bond donors (Lipinski definition) is 0. The van der Waals surface area contributed by atoms with Crippen LogP contribution < -0.4 is 4.74 Å². The smallest absolute Gasteiger partial charge is 0.240 e. The molecular formula is C42H42O6. The van der Waals surface area contributed by atoms with Gasteiger partial charge in [0.1, 0.15) is 24.1 Å². The van der Waals surface area contributed by atoms with Crippen molar-refractivity contribution >= 4 is 0 Å². The Morgan fingerprint density at radius 1 is 0.521 bits per heavy atom. The fraction of sp³-hybridized carbons (Fsp3) is 0.286. The molecule has 1 saturated heterocycles. The van der Waals surface area contributed by atoms with Crippen LogP contribution in [0.25, 0.3) is 0 Å². The molecule has 6 heteroatoms. The van der Waals surface area contributed by atoms with Crippen LogP contribution in [0.5, 0.6) is 5.75 Å². The van der Waals surface area contributed by atoms with E-state index in [9.17, 15) is 0 Å². The van der Waals surface area contributed by atoms with E-state index in [-0.39, 0.29) is 6.61 Å². The molecule has 2 aliphatic rings. The Bertz CT molecular complexity index is 1680. The van der Waals surface area contributed by atoms with Crippen LogP contribution in [0, 0.1) is 0 Å². The predicted molar refractivity (Wildman–Crippen MR) is 184 cm³/mol. The van der Waals surface area contributed by atoms with Crippen LogP contribution in [0.15, 0.2) is 146 Å². The van der Waals surface area contributed by atoms with E-state index in [0.29, 0.717) is 32.8 Å². The van der Waals surface area contributed by atoms with Gasteiger partial charge in [-0.3, -0.25) is 0 Å². The zero-order valence-electron chi connectivity index (χ0n) is 27.1. The van der Waals surface area contributed by atoms with Gasteiger partial charge in [-0.1, -0.05) is 140 Å². The van der Waals surface area contributed by atoms with Gasteiger partial charge in [0, 0.05) is 6.42 Å². The highest BCUT2D eigenvalue weighted by Crippen LogP contribution is 2.44. The van der Waals surface area contributed by atoms with Crippen LogP contribution in [-0.2, 0) is 56.5 Å². The first-order valence-electron chi connectivity index (χ1n) is 16.8. The molecule has 6 nitrogen and oxygen atoms in total. The van der Waals surface area contributed by atoms with Crippen molar-refractivity contribution in [1.29, 1.82) is 0 Å². The van der Waals surface area contributed by atoms with Gasteiger partial charge in [0.2, 0.25) is 5.79 Å². The molecule has 0 N–H and O–H groups in total. The molecule has 5 aromatic rings. The molecule has 7 rings (SSSR count). The summed E-state index contributed by atoms with van der Waals surface area (Å²) < 4.78 is 41.0. The van der Waals surface area contributed by atoms with Crippen LogP contribution in [-0.4, -0.2) is 36.8 Å². The zero-order valence-corrected chi connectivity index (χ0v) is 27.1. The average molecular weight is 643 g/mol. The van der Waals surface area contributed by atoms with Crippen molar-refractivity contribution in [2.75, 3.05) is 6.61 Å². The fourth-order valence-corrected chi connectivity index (χ4v) is 6.56. The van der Waals surface area contributed by atoms with Crippen molar-refractivity contribution < 1.29 is 28.4 Å². The van der Waals surface area contributed by atoms with Crippen molar-refractivity contribution in [3.8, 4) is 5.75 Å². The van der Waals surface area contributed by atoms with E-state index in [2.05, 4.69) is 54.6 Å². The molecule has 48 heavy (non-hydrogen) atoms. The number of hydrogen-bond acceptors (Lipinski definition) is 6. The summed E-state index contributed by atoms with van der Waals surface area (Å²) in [6, 6.07) is 48.9. The van der Waals surface area contributed by atoms with Crippen molar-refractivity contribution in [1.82, 2.24) is 0 Å². The molecular weight excluding hydrogens is 600 g/mol. The Labute approximate surface area is 283 Å². The van der Waals surface area contributed by atoms with E-state index in [1.165, 1.54) is 0 Å². The quantitative estimate of drug-likeness (QED) is 0.129. The normalized spacial score (nSPS) is 23.3. The van der Waals surface area contributed by atoms with E-state index in [1.807, 2.05) is 91.0 Å². The number of fused-ring (bicyclic) bond motifs is 1. The lowest BCUT2D eigenvalue weighted by molar-refractivity contribution is -0.364. The lowest BCUT2D eigenvalue weighted by Gasteiger charge is -2.53. The molecule has 0 radical (unpaired) electrons. The molecule has 1 unspecified atom stereocenters. The number of aryl methyl sites for hydroxylation is 1. The van der Waals surface area contributed by atoms with Crippen molar-refractivity contribution in [3.05, 3.63) is 173 Å². The molecule has 5 atom stereocenters. The van der Waals surface area contributed by atoms with Crippen molar-refractivity contribution in [2.24, 2.45) is 0 Å². The molecule has 2 aliphatic heterocycles. The summed E-state index contributed by atoms with van der Waals surface area (Å²) >= 11 is 0. The van der Waals surface area contributed by atoms with Gasteiger partial charge in [-0.25, -0.2) is 0 Å². The monoisotopic (exact) mass is 642 g/mol. The van der Waals surface area contributed by atoms with Gasteiger partial charge >= 0.3 is 0 Å². The maximum absolute atomic E-state index is 7.12. The van der Waals surface area contributed by atoms with Gasteiger partial charge in [-0.15, -0.1) is 0 Å². The lowest BCUT2D eigenvalue weighted by Crippen LogP contribution is -2.69. The minimum Gasteiger partial charge on any atom is -0.459 e. The van der Waals surface area contributed by atoms with E-state index >= 15 is 0 Å². The molecule has 0 aliphatic carbocycles. The average Bonchev–Trinajstić information content (AvgIpc) is 3.15. The number of para-hydroxylation sites is 1. The number of benzene rings is 5. The van der Waals surface area contributed by atoms with Crippen molar-refractivity contribution in [2.45, 2.75) is 69.5 Å². The molecule has 246 valence electrons.